The van der Waals surface area contributed by atoms with Gasteiger partial charge in [-0.05, 0) is 31.1 Å². The Hall–Kier alpha value is -1.59. The molecular weight excluding hydrogens is 564 g/mol. The van der Waals surface area contributed by atoms with Crippen molar-refractivity contribution in [2.45, 2.75) is 208 Å². The van der Waals surface area contributed by atoms with Gasteiger partial charge in [0.1, 0.15) is 13.2 Å². The molecule has 0 spiro atoms. The third kappa shape index (κ3) is 33.6. The topological polar surface area (TPSA) is 78.9 Å². The number of carbonyl (C=O) groups excluding carboxylic acids is 3. The highest BCUT2D eigenvalue weighted by Crippen LogP contribution is 2.15. The van der Waals surface area contributed by atoms with Gasteiger partial charge in [-0.25, -0.2) is 0 Å². The van der Waals surface area contributed by atoms with Crippen LogP contribution in [-0.2, 0) is 28.6 Å². The Labute approximate surface area is 278 Å². The third-order valence-corrected chi connectivity index (χ3v) is 8.47. The van der Waals surface area contributed by atoms with E-state index >= 15 is 0 Å². The van der Waals surface area contributed by atoms with E-state index in [4.69, 9.17) is 14.2 Å². The van der Waals surface area contributed by atoms with E-state index in [1.165, 1.54) is 83.5 Å². The maximum Gasteiger partial charge on any atom is 0.306 e. The van der Waals surface area contributed by atoms with Gasteiger partial charge in [0.05, 0.1) is 0 Å². The van der Waals surface area contributed by atoms with Crippen LogP contribution in [-0.4, -0.2) is 37.2 Å². The monoisotopic (exact) mass is 639 g/mol. The van der Waals surface area contributed by atoms with Crippen LogP contribution in [0.3, 0.4) is 0 Å². The molecule has 0 aliphatic heterocycles. The zero-order valence-corrected chi connectivity index (χ0v) is 30.5. The first-order chi connectivity index (χ1) is 21.7. The van der Waals surface area contributed by atoms with Crippen molar-refractivity contribution >= 4 is 17.9 Å². The van der Waals surface area contributed by atoms with Crippen molar-refractivity contribution in [3.8, 4) is 0 Å². The van der Waals surface area contributed by atoms with Gasteiger partial charge < -0.3 is 14.2 Å². The second kappa shape index (κ2) is 32.4. The van der Waals surface area contributed by atoms with Crippen molar-refractivity contribution in [2.75, 3.05) is 13.2 Å². The molecule has 6 nitrogen and oxygen atoms in total. The maximum absolute atomic E-state index is 12.4. The lowest BCUT2D eigenvalue weighted by Gasteiger charge is -2.18. The highest BCUT2D eigenvalue weighted by atomic mass is 16.6. The molecule has 0 bridgehead atoms. The largest absolute Gasteiger partial charge is 0.462 e. The van der Waals surface area contributed by atoms with Crippen LogP contribution in [0, 0.1) is 11.8 Å². The van der Waals surface area contributed by atoms with Gasteiger partial charge in [0.25, 0.3) is 0 Å². The fourth-order valence-electron chi connectivity index (χ4n) is 5.52. The molecule has 0 aromatic rings. The molecule has 0 aliphatic carbocycles. The van der Waals surface area contributed by atoms with Crippen LogP contribution in [0.1, 0.15) is 202 Å². The van der Waals surface area contributed by atoms with Gasteiger partial charge in [-0.15, -0.1) is 0 Å². The van der Waals surface area contributed by atoms with E-state index in [2.05, 4.69) is 34.6 Å². The number of hydrogen-bond acceptors (Lipinski definition) is 6. The molecule has 0 saturated heterocycles. The summed E-state index contributed by atoms with van der Waals surface area (Å²) in [6, 6.07) is 0. The van der Waals surface area contributed by atoms with Crippen molar-refractivity contribution in [3.63, 3.8) is 0 Å². The molecule has 0 aromatic carbocycles. The summed E-state index contributed by atoms with van der Waals surface area (Å²) in [5.41, 5.74) is 0. The fourth-order valence-corrected chi connectivity index (χ4v) is 5.52. The lowest BCUT2D eigenvalue weighted by molar-refractivity contribution is -0.167. The summed E-state index contributed by atoms with van der Waals surface area (Å²) in [7, 11) is 0. The SMILES string of the molecule is CCCCCCCC(=O)O[C@H](COC(=O)CCCCCCCCCCCCC(C)C)COC(=O)CCCCCCCCC(C)C. The minimum Gasteiger partial charge on any atom is -0.462 e. The first-order valence-corrected chi connectivity index (χ1v) is 19.2. The lowest BCUT2D eigenvalue weighted by Crippen LogP contribution is -2.30. The van der Waals surface area contributed by atoms with Crippen LogP contribution in [0.4, 0.5) is 0 Å². The fraction of sp³-hybridized carbons (Fsp3) is 0.923. The number of rotatable bonds is 33. The molecule has 266 valence electrons. The first kappa shape index (κ1) is 43.4. The van der Waals surface area contributed by atoms with Gasteiger partial charge in [0.2, 0.25) is 0 Å². The van der Waals surface area contributed by atoms with Crippen LogP contribution in [0.15, 0.2) is 0 Å². The minimum atomic E-state index is -0.757. The molecule has 0 N–H and O–H groups in total. The number of hydrogen-bond donors (Lipinski definition) is 0. The van der Waals surface area contributed by atoms with E-state index < -0.39 is 6.10 Å². The van der Waals surface area contributed by atoms with Crippen molar-refractivity contribution in [3.05, 3.63) is 0 Å². The Kier molecular flexibility index (Phi) is 31.2. The van der Waals surface area contributed by atoms with E-state index in [0.717, 1.165) is 76.0 Å². The van der Waals surface area contributed by atoms with Gasteiger partial charge in [-0.1, -0.05) is 163 Å². The van der Waals surface area contributed by atoms with Crippen LogP contribution < -0.4 is 0 Å². The molecule has 0 unspecified atom stereocenters. The molecule has 45 heavy (non-hydrogen) atoms. The standard InChI is InChI=1S/C39H74O6/c1-6-7-8-17-26-31-39(42)45-36(33-44-38(41)30-25-21-16-15-19-23-28-35(4)5)32-43-37(40)29-24-20-14-12-10-9-11-13-18-22-27-34(2)3/h34-36H,6-33H2,1-5H3/t36-/m1/s1. The summed E-state index contributed by atoms with van der Waals surface area (Å²) in [4.78, 5) is 37.1. The zero-order valence-electron chi connectivity index (χ0n) is 30.5. The number of ether oxygens (including phenoxy) is 3. The van der Waals surface area contributed by atoms with Crippen LogP contribution >= 0.6 is 0 Å². The van der Waals surface area contributed by atoms with Gasteiger partial charge in [0.15, 0.2) is 6.10 Å². The average molecular weight is 639 g/mol. The average Bonchev–Trinajstić information content (AvgIpc) is 2.99. The van der Waals surface area contributed by atoms with E-state index in [0.29, 0.717) is 19.3 Å². The summed E-state index contributed by atoms with van der Waals surface area (Å²) in [5, 5.41) is 0. The number of esters is 3. The molecule has 0 heterocycles. The van der Waals surface area contributed by atoms with Gasteiger partial charge in [0, 0.05) is 19.3 Å². The molecule has 0 saturated carbocycles. The Balaban J connectivity index is 4.22. The molecule has 6 heteroatoms. The summed E-state index contributed by atoms with van der Waals surface area (Å²) < 4.78 is 16.5. The van der Waals surface area contributed by atoms with Crippen LogP contribution in [0.25, 0.3) is 0 Å². The van der Waals surface area contributed by atoms with Crippen molar-refractivity contribution in [2.24, 2.45) is 11.8 Å². The molecule has 0 amide bonds. The molecule has 0 radical (unpaired) electrons. The van der Waals surface area contributed by atoms with Crippen LogP contribution in [0.5, 0.6) is 0 Å². The van der Waals surface area contributed by atoms with E-state index in [1.807, 2.05) is 0 Å². The summed E-state index contributed by atoms with van der Waals surface area (Å²) >= 11 is 0. The number of unbranched alkanes of at least 4 members (excludes halogenated alkanes) is 18. The predicted molar refractivity (Wildman–Crippen MR) is 187 cm³/mol. The quantitative estimate of drug-likeness (QED) is 0.0404. The highest BCUT2D eigenvalue weighted by Gasteiger charge is 2.19. The van der Waals surface area contributed by atoms with Crippen molar-refractivity contribution in [1.82, 2.24) is 0 Å². The lowest BCUT2D eigenvalue weighted by atomic mass is 10.0. The maximum atomic E-state index is 12.4. The molecule has 0 aromatic heterocycles. The van der Waals surface area contributed by atoms with Crippen molar-refractivity contribution in [1.29, 1.82) is 0 Å². The Morgan fingerprint density at radius 2 is 0.733 bits per heavy atom. The summed E-state index contributed by atoms with van der Waals surface area (Å²) in [6.07, 6.45) is 27.0. The van der Waals surface area contributed by atoms with Crippen molar-refractivity contribution < 1.29 is 28.6 Å². The molecule has 0 fully saturated rings. The summed E-state index contributed by atoms with van der Waals surface area (Å²) in [5.74, 6) is 0.696. The Morgan fingerprint density at radius 1 is 0.422 bits per heavy atom. The summed E-state index contributed by atoms with van der Waals surface area (Å²) in [6.45, 7) is 11.1. The molecular formula is C39H74O6. The van der Waals surface area contributed by atoms with E-state index in [9.17, 15) is 14.4 Å². The molecule has 0 rings (SSSR count). The molecule has 1 atom stereocenters. The Bertz CT molecular complexity index is 689. The second-order valence-electron chi connectivity index (χ2n) is 14.2. The van der Waals surface area contributed by atoms with Crippen LogP contribution in [0.2, 0.25) is 0 Å². The van der Waals surface area contributed by atoms with E-state index in [-0.39, 0.29) is 31.1 Å². The van der Waals surface area contributed by atoms with Gasteiger partial charge in [-0.3, -0.25) is 14.4 Å². The van der Waals surface area contributed by atoms with Gasteiger partial charge >= 0.3 is 17.9 Å². The predicted octanol–water partition coefficient (Wildman–Crippen LogP) is 11.5. The Morgan fingerprint density at radius 3 is 1.09 bits per heavy atom. The second-order valence-corrected chi connectivity index (χ2v) is 14.2. The smallest absolute Gasteiger partial charge is 0.306 e. The number of carbonyl (C=O) groups is 3. The minimum absolute atomic E-state index is 0.0682. The molecule has 0 aliphatic rings. The van der Waals surface area contributed by atoms with E-state index in [1.54, 1.807) is 0 Å². The first-order valence-electron chi connectivity index (χ1n) is 19.2. The third-order valence-electron chi connectivity index (χ3n) is 8.47. The van der Waals surface area contributed by atoms with Gasteiger partial charge in [-0.2, -0.15) is 0 Å². The highest BCUT2D eigenvalue weighted by molar-refractivity contribution is 5.71. The zero-order chi connectivity index (χ0) is 33.4. The normalized spacial score (nSPS) is 12.1.